The molecular formula is C27H24Cl2FN3O5. The second kappa shape index (κ2) is 12.1. The first kappa shape index (κ1) is 27.2. The number of carbonyl (C=O) groups excluding carboxylic acids is 2. The maximum Gasteiger partial charge on any atom is 0.335 e. The normalized spacial score (nSPS) is 16.7. The van der Waals surface area contributed by atoms with Gasteiger partial charge < -0.3 is 25.4 Å². The topological polar surface area (TPSA) is 108 Å². The van der Waals surface area contributed by atoms with E-state index >= 15 is 0 Å². The van der Waals surface area contributed by atoms with Gasteiger partial charge in [-0.1, -0.05) is 41.4 Å². The van der Waals surface area contributed by atoms with Crippen LogP contribution in [0.5, 0.6) is 5.75 Å². The molecule has 1 fully saturated rings. The molecule has 1 aliphatic heterocycles. The number of para-hydroxylation sites is 1. The van der Waals surface area contributed by atoms with Crippen molar-refractivity contribution in [2.24, 2.45) is 0 Å². The molecule has 0 aliphatic carbocycles. The van der Waals surface area contributed by atoms with Gasteiger partial charge in [0.05, 0.1) is 40.3 Å². The molecule has 0 aromatic heterocycles. The van der Waals surface area contributed by atoms with E-state index in [-0.39, 0.29) is 37.5 Å². The number of halogens is 3. The van der Waals surface area contributed by atoms with Crippen molar-refractivity contribution < 1.29 is 28.6 Å². The minimum absolute atomic E-state index is 0.0186. The van der Waals surface area contributed by atoms with Crippen molar-refractivity contribution in [2.75, 3.05) is 23.8 Å². The highest BCUT2D eigenvalue weighted by Crippen LogP contribution is 2.30. The van der Waals surface area contributed by atoms with Crippen molar-refractivity contribution in [3.05, 3.63) is 87.9 Å². The lowest BCUT2D eigenvalue weighted by Crippen LogP contribution is -2.40. The number of urea groups is 1. The van der Waals surface area contributed by atoms with E-state index in [0.29, 0.717) is 32.7 Å². The fraction of sp³-hybridized carbons (Fsp3) is 0.222. The van der Waals surface area contributed by atoms with Crippen LogP contribution in [0.25, 0.3) is 0 Å². The lowest BCUT2D eigenvalue weighted by Gasteiger charge is -2.24. The smallest absolute Gasteiger partial charge is 0.335 e. The molecule has 3 aromatic rings. The van der Waals surface area contributed by atoms with Gasteiger partial charge in [-0.05, 0) is 54.1 Å². The Hall–Kier alpha value is -3.82. The zero-order valence-corrected chi connectivity index (χ0v) is 21.5. The zero-order chi connectivity index (χ0) is 27.2. The van der Waals surface area contributed by atoms with Crippen LogP contribution in [0.1, 0.15) is 22.3 Å². The Morgan fingerprint density at radius 1 is 0.974 bits per heavy atom. The van der Waals surface area contributed by atoms with Crippen LogP contribution in [0.3, 0.4) is 0 Å². The number of likely N-dealkylation sites (tertiary alicyclic amines) is 1. The summed E-state index contributed by atoms with van der Waals surface area (Å²) in [6.45, 7) is 0.0707. The number of alkyl halides is 1. The van der Waals surface area contributed by atoms with Gasteiger partial charge in [0.25, 0.3) is 0 Å². The highest BCUT2D eigenvalue weighted by Gasteiger charge is 2.35. The molecule has 198 valence electrons. The maximum atomic E-state index is 14.2. The molecule has 1 heterocycles. The van der Waals surface area contributed by atoms with E-state index < -0.39 is 24.2 Å². The molecule has 11 heteroatoms. The molecular weight excluding hydrogens is 536 g/mol. The lowest BCUT2D eigenvalue weighted by molar-refractivity contribution is -0.132. The molecule has 3 amide bonds. The third-order valence-electron chi connectivity index (χ3n) is 6.00. The number of ether oxygens (including phenoxy) is 1. The summed E-state index contributed by atoms with van der Waals surface area (Å²) in [5, 5.41) is 14.9. The summed E-state index contributed by atoms with van der Waals surface area (Å²) in [4.78, 5) is 37.7. The van der Waals surface area contributed by atoms with E-state index in [4.69, 9.17) is 33.0 Å². The highest BCUT2D eigenvalue weighted by atomic mass is 35.5. The number of nitrogens with one attached hydrogen (secondary N) is 2. The largest absolute Gasteiger partial charge is 0.491 e. The number of anilines is 2. The number of hydrogen-bond acceptors (Lipinski definition) is 4. The van der Waals surface area contributed by atoms with Gasteiger partial charge in [-0.3, -0.25) is 4.79 Å². The summed E-state index contributed by atoms with van der Waals surface area (Å²) in [5.41, 5.74) is 1.61. The monoisotopic (exact) mass is 559 g/mol. The second-order valence-electron chi connectivity index (χ2n) is 8.72. The lowest BCUT2D eigenvalue weighted by atomic mass is 10.1. The van der Waals surface area contributed by atoms with E-state index in [2.05, 4.69) is 10.6 Å². The summed E-state index contributed by atoms with van der Waals surface area (Å²) in [5.74, 6) is -0.848. The SMILES string of the molecule is O=C(Nc1ccc(CC(=O)N2C[C@@H](F)C[C@H]2COc2ccc(C(=O)O)cc2)cc1)Nc1c(Cl)cccc1Cl. The van der Waals surface area contributed by atoms with Crippen LogP contribution in [0, 0.1) is 0 Å². The van der Waals surface area contributed by atoms with Gasteiger partial charge in [-0.15, -0.1) is 0 Å². The van der Waals surface area contributed by atoms with Gasteiger partial charge in [0.1, 0.15) is 18.5 Å². The molecule has 0 saturated carbocycles. The van der Waals surface area contributed by atoms with Crippen LogP contribution < -0.4 is 15.4 Å². The molecule has 0 unspecified atom stereocenters. The number of hydrogen-bond donors (Lipinski definition) is 3. The summed E-state index contributed by atoms with van der Waals surface area (Å²) in [6.07, 6.45) is -0.941. The molecule has 1 saturated heterocycles. The number of carboxylic acid groups (broad SMARTS) is 1. The Morgan fingerprint density at radius 2 is 1.63 bits per heavy atom. The van der Waals surface area contributed by atoms with Crippen molar-refractivity contribution in [3.8, 4) is 5.75 Å². The zero-order valence-electron chi connectivity index (χ0n) is 20.0. The Kier molecular flexibility index (Phi) is 8.70. The Morgan fingerprint density at radius 3 is 2.26 bits per heavy atom. The fourth-order valence-corrected chi connectivity index (χ4v) is 4.58. The minimum atomic E-state index is -1.15. The number of rotatable bonds is 8. The number of aromatic carboxylic acids is 1. The van der Waals surface area contributed by atoms with Crippen molar-refractivity contribution in [2.45, 2.75) is 25.1 Å². The number of carboxylic acids is 1. The maximum absolute atomic E-state index is 14.2. The first-order valence-corrected chi connectivity index (χ1v) is 12.5. The molecule has 4 rings (SSSR count). The molecule has 38 heavy (non-hydrogen) atoms. The first-order valence-electron chi connectivity index (χ1n) is 11.7. The molecule has 3 N–H and O–H groups in total. The Balaban J connectivity index is 1.31. The van der Waals surface area contributed by atoms with Gasteiger partial charge in [-0.25, -0.2) is 14.0 Å². The summed E-state index contributed by atoms with van der Waals surface area (Å²) < 4.78 is 19.9. The van der Waals surface area contributed by atoms with Gasteiger partial charge in [0.2, 0.25) is 5.91 Å². The van der Waals surface area contributed by atoms with Crippen molar-refractivity contribution in [3.63, 3.8) is 0 Å². The molecule has 1 aliphatic rings. The average molecular weight is 560 g/mol. The Labute approximate surface area is 228 Å². The van der Waals surface area contributed by atoms with Gasteiger partial charge in [0, 0.05) is 12.1 Å². The number of carbonyl (C=O) groups is 3. The van der Waals surface area contributed by atoms with Gasteiger partial charge >= 0.3 is 12.0 Å². The van der Waals surface area contributed by atoms with E-state index in [9.17, 15) is 18.8 Å². The summed E-state index contributed by atoms with van der Waals surface area (Å²) >= 11 is 12.1. The van der Waals surface area contributed by atoms with Gasteiger partial charge in [0.15, 0.2) is 0 Å². The molecule has 0 spiro atoms. The highest BCUT2D eigenvalue weighted by molar-refractivity contribution is 6.39. The number of amides is 3. The van der Waals surface area contributed by atoms with E-state index in [1.807, 2.05) is 0 Å². The van der Waals surface area contributed by atoms with Crippen LogP contribution in [-0.4, -0.2) is 53.3 Å². The molecule has 0 radical (unpaired) electrons. The van der Waals surface area contributed by atoms with Crippen LogP contribution in [0.4, 0.5) is 20.6 Å². The molecule has 8 nitrogen and oxygen atoms in total. The standard InChI is InChI=1S/C27H24Cl2FN3O5/c28-22-2-1-3-23(29)25(22)32-27(37)31-19-8-4-16(5-9-19)12-24(34)33-14-18(30)13-20(33)15-38-21-10-6-17(7-11-21)26(35)36/h1-11,18,20H,12-15H2,(H,35,36)(H2,31,32,37)/t18-,20-/m0/s1. The fourth-order valence-electron chi connectivity index (χ4n) is 4.08. The van der Waals surface area contributed by atoms with Crippen LogP contribution in [0.2, 0.25) is 10.0 Å². The predicted octanol–water partition coefficient (Wildman–Crippen LogP) is 5.90. The van der Waals surface area contributed by atoms with Crippen molar-refractivity contribution in [1.29, 1.82) is 0 Å². The summed E-state index contributed by atoms with van der Waals surface area (Å²) in [7, 11) is 0. The second-order valence-corrected chi connectivity index (χ2v) is 9.54. The van der Waals surface area contributed by atoms with Crippen molar-refractivity contribution >= 4 is 52.5 Å². The average Bonchev–Trinajstić information content (AvgIpc) is 3.27. The molecule has 2 atom stereocenters. The van der Waals surface area contributed by atoms with Crippen LogP contribution >= 0.6 is 23.2 Å². The quantitative estimate of drug-likeness (QED) is 0.318. The summed E-state index contributed by atoms with van der Waals surface area (Å²) in [6, 6.07) is 16.5. The molecule has 3 aromatic carbocycles. The third kappa shape index (κ3) is 6.93. The minimum Gasteiger partial charge on any atom is -0.491 e. The predicted molar refractivity (Wildman–Crippen MR) is 143 cm³/mol. The first-order chi connectivity index (χ1) is 18.2. The number of nitrogens with zero attached hydrogens (tertiary/aromatic N) is 1. The van der Waals surface area contributed by atoms with Gasteiger partial charge in [-0.2, -0.15) is 0 Å². The Bertz CT molecular complexity index is 1300. The van der Waals surface area contributed by atoms with E-state index in [0.717, 1.165) is 0 Å². The third-order valence-corrected chi connectivity index (χ3v) is 6.63. The van der Waals surface area contributed by atoms with Crippen LogP contribution in [0.15, 0.2) is 66.7 Å². The van der Waals surface area contributed by atoms with Crippen molar-refractivity contribution in [1.82, 2.24) is 4.90 Å². The molecule has 0 bridgehead atoms. The van der Waals surface area contributed by atoms with Crippen LogP contribution in [-0.2, 0) is 11.2 Å². The van der Waals surface area contributed by atoms with E-state index in [1.165, 1.54) is 29.2 Å². The number of benzene rings is 3. The van der Waals surface area contributed by atoms with E-state index in [1.54, 1.807) is 42.5 Å².